The first-order chi connectivity index (χ1) is 9.26. The van der Waals surface area contributed by atoms with Crippen molar-refractivity contribution in [1.29, 1.82) is 0 Å². The fourth-order valence-corrected chi connectivity index (χ4v) is 2.42. The average molecular weight is 275 g/mol. The monoisotopic (exact) mass is 275 g/mol. The Morgan fingerprint density at radius 3 is 2.95 bits per heavy atom. The van der Waals surface area contributed by atoms with Crippen LogP contribution in [-0.2, 0) is 0 Å². The van der Waals surface area contributed by atoms with Crippen LogP contribution in [0.3, 0.4) is 0 Å². The summed E-state index contributed by atoms with van der Waals surface area (Å²) in [5, 5.41) is 5.49. The third-order valence-electron chi connectivity index (χ3n) is 2.84. The maximum absolute atomic E-state index is 11.8. The molecule has 1 aliphatic carbocycles. The number of rotatable bonds is 4. The lowest BCUT2D eigenvalue weighted by Crippen LogP contribution is -2.25. The van der Waals surface area contributed by atoms with E-state index < -0.39 is 0 Å². The normalized spacial score (nSPS) is 14.2. The summed E-state index contributed by atoms with van der Waals surface area (Å²) in [6.45, 7) is 0. The molecule has 6 heteroatoms. The van der Waals surface area contributed by atoms with Crippen LogP contribution in [0.4, 0.5) is 0 Å². The van der Waals surface area contributed by atoms with E-state index in [1.807, 2.05) is 6.07 Å². The van der Waals surface area contributed by atoms with Gasteiger partial charge < -0.3 is 10.1 Å². The van der Waals surface area contributed by atoms with E-state index in [4.69, 9.17) is 4.74 Å². The maximum Gasteiger partial charge on any atom is 0.270 e. The smallest absolute Gasteiger partial charge is 0.270 e. The van der Waals surface area contributed by atoms with Gasteiger partial charge in [0.1, 0.15) is 10.7 Å². The second-order valence-electron chi connectivity index (χ2n) is 4.37. The highest BCUT2D eigenvalue weighted by atomic mass is 32.1. The van der Waals surface area contributed by atoms with Crippen LogP contribution in [0.15, 0.2) is 23.7 Å². The molecule has 5 nitrogen and oxygen atoms in total. The molecule has 0 aromatic carbocycles. The molecule has 1 aliphatic rings. The standard InChI is InChI=1S/C13H13N3O2S/c1-18-11-5-2-8(6-14-11)13-16-10(7-19-13)12(17)15-9-3-4-9/h2,5-7,9H,3-4H2,1H3,(H,15,17). The molecule has 0 atom stereocenters. The Morgan fingerprint density at radius 2 is 2.32 bits per heavy atom. The van der Waals surface area contributed by atoms with Gasteiger partial charge in [0.05, 0.1) is 7.11 Å². The average Bonchev–Trinajstić information content (AvgIpc) is 3.11. The Hall–Kier alpha value is -1.95. The van der Waals surface area contributed by atoms with E-state index in [2.05, 4.69) is 15.3 Å². The fourth-order valence-electron chi connectivity index (χ4n) is 1.63. The zero-order valence-electron chi connectivity index (χ0n) is 10.4. The molecule has 0 aliphatic heterocycles. The minimum Gasteiger partial charge on any atom is -0.481 e. The lowest BCUT2D eigenvalue weighted by molar-refractivity contribution is 0.0947. The molecule has 1 N–H and O–H groups in total. The molecular weight excluding hydrogens is 262 g/mol. The minimum absolute atomic E-state index is 0.0912. The van der Waals surface area contributed by atoms with Crippen molar-refractivity contribution in [3.63, 3.8) is 0 Å². The summed E-state index contributed by atoms with van der Waals surface area (Å²) in [6.07, 6.45) is 3.84. The number of ether oxygens (including phenoxy) is 1. The molecule has 0 bridgehead atoms. The molecule has 0 spiro atoms. The first kappa shape index (κ1) is 12.1. The molecule has 3 rings (SSSR count). The van der Waals surface area contributed by atoms with Gasteiger partial charge in [-0.2, -0.15) is 0 Å². The molecule has 0 radical (unpaired) electrons. The summed E-state index contributed by atoms with van der Waals surface area (Å²) in [7, 11) is 1.58. The summed E-state index contributed by atoms with van der Waals surface area (Å²) in [5.74, 6) is 0.471. The maximum atomic E-state index is 11.8. The van der Waals surface area contributed by atoms with E-state index in [9.17, 15) is 4.79 Å². The molecule has 2 heterocycles. The van der Waals surface area contributed by atoms with Crippen LogP contribution < -0.4 is 10.1 Å². The van der Waals surface area contributed by atoms with Gasteiger partial charge >= 0.3 is 0 Å². The Morgan fingerprint density at radius 1 is 1.47 bits per heavy atom. The number of hydrogen-bond donors (Lipinski definition) is 1. The molecule has 2 aromatic heterocycles. The Bertz CT molecular complexity index is 590. The van der Waals surface area contributed by atoms with Gasteiger partial charge in [0.25, 0.3) is 5.91 Å². The molecule has 98 valence electrons. The van der Waals surface area contributed by atoms with Crippen LogP contribution in [0.25, 0.3) is 10.6 Å². The molecule has 1 saturated carbocycles. The largest absolute Gasteiger partial charge is 0.481 e. The van der Waals surface area contributed by atoms with E-state index >= 15 is 0 Å². The zero-order valence-corrected chi connectivity index (χ0v) is 11.2. The minimum atomic E-state index is -0.0912. The van der Waals surface area contributed by atoms with Crippen molar-refractivity contribution in [1.82, 2.24) is 15.3 Å². The lowest BCUT2D eigenvalue weighted by atomic mass is 10.3. The van der Waals surface area contributed by atoms with Crippen molar-refractivity contribution in [2.24, 2.45) is 0 Å². The van der Waals surface area contributed by atoms with Crippen molar-refractivity contribution in [3.05, 3.63) is 29.4 Å². The van der Waals surface area contributed by atoms with Crippen molar-refractivity contribution in [2.45, 2.75) is 18.9 Å². The highest BCUT2D eigenvalue weighted by molar-refractivity contribution is 7.13. The Labute approximate surface area is 114 Å². The van der Waals surface area contributed by atoms with Gasteiger partial charge in [-0.15, -0.1) is 11.3 Å². The number of carbonyl (C=O) groups is 1. The Balaban J connectivity index is 1.77. The van der Waals surface area contributed by atoms with Gasteiger partial charge in [0.2, 0.25) is 5.88 Å². The van der Waals surface area contributed by atoms with Crippen molar-refractivity contribution in [2.75, 3.05) is 7.11 Å². The SMILES string of the molecule is COc1ccc(-c2nc(C(=O)NC3CC3)cs2)cn1. The quantitative estimate of drug-likeness (QED) is 0.928. The number of carbonyl (C=O) groups excluding carboxylic acids is 1. The predicted molar refractivity (Wildman–Crippen MR) is 72.4 cm³/mol. The van der Waals surface area contributed by atoms with Crippen LogP contribution in [-0.4, -0.2) is 29.0 Å². The topological polar surface area (TPSA) is 64.1 Å². The Kier molecular flexibility index (Phi) is 3.16. The number of nitrogens with one attached hydrogen (secondary N) is 1. The van der Waals surface area contributed by atoms with E-state index in [0.29, 0.717) is 17.6 Å². The van der Waals surface area contributed by atoms with Crippen LogP contribution in [0.5, 0.6) is 5.88 Å². The zero-order chi connectivity index (χ0) is 13.2. The summed E-state index contributed by atoms with van der Waals surface area (Å²) in [6, 6.07) is 4.01. The summed E-state index contributed by atoms with van der Waals surface area (Å²) < 4.78 is 5.01. The number of thiazole rings is 1. The van der Waals surface area contributed by atoms with Crippen LogP contribution in [0.2, 0.25) is 0 Å². The van der Waals surface area contributed by atoms with E-state index in [-0.39, 0.29) is 5.91 Å². The van der Waals surface area contributed by atoms with Gasteiger partial charge in [0.15, 0.2) is 0 Å². The van der Waals surface area contributed by atoms with Crippen molar-refractivity contribution < 1.29 is 9.53 Å². The van der Waals surface area contributed by atoms with Gasteiger partial charge in [-0.05, 0) is 18.9 Å². The summed E-state index contributed by atoms with van der Waals surface area (Å²) in [4.78, 5) is 20.3. The first-order valence-electron chi connectivity index (χ1n) is 6.03. The van der Waals surface area contributed by atoms with Gasteiger partial charge in [-0.3, -0.25) is 4.79 Å². The number of nitrogens with zero attached hydrogens (tertiary/aromatic N) is 2. The lowest BCUT2D eigenvalue weighted by Gasteiger charge is -2.00. The molecule has 19 heavy (non-hydrogen) atoms. The second kappa shape index (κ2) is 4.97. The van der Waals surface area contributed by atoms with Gasteiger partial charge in [-0.25, -0.2) is 9.97 Å². The number of methoxy groups -OCH3 is 1. The number of amides is 1. The number of pyridine rings is 1. The fraction of sp³-hybridized carbons (Fsp3) is 0.308. The highest BCUT2D eigenvalue weighted by Crippen LogP contribution is 2.25. The molecule has 0 saturated heterocycles. The van der Waals surface area contributed by atoms with Crippen molar-refractivity contribution >= 4 is 17.2 Å². The predicted octanol–water partition coefficient (Wildman–Crippen LogP) is 2.11. The second-order valence-corrected chi connectivity index (χ2v) is 5.23. The summed E-state index contributed by atoms with van der Waals surface area (Å²) in [5.41, 5.74) is 1.36. The van der Waals surface area contributed by atoms with E-state index in [1.54, 1.807) is 24.8 Å². The highest BCUT2D eigenvalue weighted by Gasteiger charge is 2.24. The molecule has 1 amide bonds. The van der Waals surface area contributed by atoms with Gasteiger partial charge in [0, 0.05) is 29.2 Å². The van der Waals surface area contributed by atoms with Gasteiger partial charge in [-0.1, -0.05) is 0 Å². The third-order valence-corrected chi connectivity index (χ3v) is 3.73. The molecular formula is C13H13N3O2S. The van der Waals surface area contributed by atoms with Crippen LogP contribution in [0, 0.1) is 0 Å². The molecule has 2 aromatic rings. The third kappa shape index (κ3) is 2.73. The van der Waals surface area contributed by atoms with Crippen molar-refractivity contribution in [3.8, 4) is 16.5 Å². The molecule has 0 unspecified atom stereocenters. The first-order valence-corrected chi connectivity index (χ1v) is 6.91. The van der Waals surface area contributed by atoms with Crippen LogP contribution >= 0.6 is 11.3 Å². The van der Waals surface area contributed by atoms with E-state index in [1.165, 1.54) is 11.3 Å². The molecule has 1 fully saturated rings. The summed E-state index contributed by atoms with van der Waals surface area (Å²) >= 11 is 1.44. The number of aromatic nitrogens is 2. The number of hydrogen-bond acceptors (Lipinski definition) is 5. The van der Waals surface area contributed by atoms with Crippen LogP contribution in [0.1, 0.15) is 23.3 Å². The van der Waals surface area contributed by atoms with E-state index in [0.717, 1.165) is 23.4 Å².